The number of aryl methyl sites for hydroxylation is 1. The van der Waals surface area contributed by atoms with Gasteiger partial charge in [-0.25, -0.2) is 0 Å². The van der Waals surface area contributed by atoms with Crippen LogP contribution < -0.4 is 0 Å². The van der Waals surface area contributed by atoms with Gasteiger partial charge in [0.25, 0.3) is 5.91 Å². The SMILES string of the molecule is C#CCN1CCN(C(=O)c2cc(C)no2)CC1. The van der Waals surface area contributed by atoms with Crippen LogP contribution in [0.2, 0.25) is 0 Å². The molecular formula is C12H15N3O2. The van der Waals surface area contributed by atoms with Gasteiger partial charge in [-0.15, -0.1) is 6.42 Å². The number of carbonyl (C=O) groups is 1. The van der Waals surface area contributed by atoms with E-state index >= 15 is 0 Å². The highest BCUT2D eigenvalue weighted by atomic mass is 16.5. The van der Waals surface area contributed by atoms with Crippen molar-refractivity contribution in [2.75, 3.05) is 32.7 Å². The molecule has 0 bridgehead atoms. The second kappa shape index (κ2) is 5.02. The summed E-state index contributed by atoms with van der Waals surface area (Å²) in [5.74, 6) is 2.83. The van der Waals surface area contributed by atoms with E-state index in [1.54, 1.807) is 17.9 Å². The van der Waals surface area contributed by atoms with Crippen molar-refractivity contribution in [1.82, 2.24) is 15.0 Å². The third-order valence-corrected chi connectivity index (χ3v) is 2.81. The minimum atomic E-state index is -0.0917. The molecule has 17 heavy (non-hydrogen) atoms. The molecule has 1 aliphatic rings. The number of hydrogen-bond donors (Lipinski definition) is 0. The predicted octanol–water partition coefficient (Wildman–Crippen LogP) is 0.374. The van der Waals surface area contributed by atoms with Crippen LogP contribution in [0.3, 0.4) is 0 Å². The first-order valence-corrected chi connectivity index (χ1v) is 5.59. The fraction of sp³-hybridized carbons (Fsp3) is 0.500. The average molecular weight is 233 g/mol. The maximum atomic E-state index is 12.0. The van der Waals surface area contributed by atoms with Crippen molar-refractivity contribution < 1.29 is 9.32 Å². The molecule has 1 aliphatic heterocycles. The van der Waals surface area contributed by atoms with E-state index in [4.69, 9.17) is 10.9 Å². The minimum absolute atomic E-state index is 0.0917. The van der Waals surface area contributed by atoms with E-state index in [1.807, 2.05) is 0 Å². The summed E-state index contributed by atoms with van der Waals surface area (Å²) in [6, 6.07) is 1.66. The lowest BCUT2D eigenvalue weighted by atomic mass is 10.2. The molecule has 0 atom stereocenters. The first kappa shape index (κ1) is 11.7. The van der Waals surface area contributed by atoms with Gasteiger partial charge in [-0.3, -0.25) is 9.69 Å². The van der Waals surface area contributed by atoms with Crippen LogP contribution in [0.15, 0.2) is 10.6 Å². The molecule has 1 amide bonds. The molecule has 0 saturated carbocycles. The number of piperazine rings is 1. The highest BCUT2D eigenvalue weighted by Gasteiger charge is 2.24. The summed E-state index contributed by atoms with van der Waals surface area (Å²) in [4.78, 5) is 15.9. The summed E-state index contributed by atoms with van der Waals surface area (Å²) in [5, 5.41) is 3.72. The van der Waals surface area contributed by atoms with Gasteiger partial charge in [-0.1, -0.05) is 11.1 Å². The number of amides is 1. The predicted molar refractivity (Wildman–Crippen MR) is 62.4 cm³/mol. The molecule has 1 aromatic rings. The van der Waals surface area contributed by atoms with E-state index in [-0.39, 0.29) is 5.91 Å². The van der Waals surface area contributed by atoms with Crippen LogP contribution in [0.4, 0.5) is 0 Å². The Bertz CT molecular complexity index is 439. The summed E-state index contributed by atoms with van der Waals surface area (Å²) in [7, 11) is 0. The van der Waals surface area contributed by atoms with Gasteiger partial charge in [0.15, 0.2) is 0 Å². The van der Waals surface area contributed by atoms with Crippen molar-refractivity contribution in [3.8, 4) is 12.3 Å². The van der Waals surface area contributed by atoms with Gasteiger partial charge >= 0.3 is 0 Å². The van der Waals surface area contributed by atoms with Gasteiger partial charge in [-0.2, -0.15) is 0 Å². The van der Waals surface area contributed by atoms with E-state index in [0.29, 0.717) is 25.4 Å². The van der Waals surface area contributed by atoms with Crippen molar-refractivity contribution in [3.63, 3.8) is 0 Å². The van der Waals surface area contributed by atoms with Gasteiger partial charge in [0.2, 0.25) is 5.76 Å². The van der Waals surface area contributed by atoms with Gasteiger partial charge < -0.3 is 9.42 Å². The van der Waals surface area contributed by atoms with Crippen LogP contribution >= 0.6 is 0 Å². The van der Waals surface area contributed by atoms with Crippen molar-refractivity contribution in [3.05, 3.63) is 17.5 Å². The highest BCUT2D eigenvalue weighted by Crippen LogP contribution is 2.09. The van der Waals surface area contributed by atoms with E-state index in [2.05, 4.69) is 16.0 Å². The number of terminal acetylenes is 1. The Labute approximate surface area is 100 Å². The first-order valence-electron chi connectivity index (χ1n) is 5.59. The molecule has 5 heteroatoms. The fourth-order valence-corrected chi connectivity index (χ4v) is 1.86. The molecule has 1 aromatic heterocycles. The van der Waals surface area contributed by atoms with E-state index in [1.165, 1.54) is 0 Å². The largest absolute Gasteiger partial charge is 0.351 e. The molecule has 5 nitrogen and oxygen atoms in total. The zero-order valence-corrected chi connectivity index (χ0v) is 9.85. The molecule has 0 radical (unpaired) electrons. The molecule has 0 aliphatic carbocycles. The molecule has 1 fully saturated rings. The van der Waals surface area contributed by atoms with Crippen molar-refractivity contribution in [2.45, 2.75) is 6.92 Å². The van der Waals surface area contributed by atoms with Crippen molar-refractivity contribution in [2.24, 2.45) is 0 Å². The van der Waals surface area contributed by atoms with Gasteiger partial charge in [-0.05, 0) is 6.92 Å². The molecule has 0 unspecified atom stereocenters. The van der Waals surface area contributed by atoms with E-state index in [0.717, 1.165) is 18.8 Å². The normalized spacial score (nSPS) is 16.8. The molecular weight excluding hydrogens is 218 g/mol. The molecule has 1 saturated heterocycles. The summed E-state index contributed by atoms with van der Waals surface area (Å²) in [5.41, 5.74) is 0.722. The summed E-state index contributed by atoms with van der Waals surface area (Å²) < 4.78 is 4.97. The van der Waals surface area contributed by atoms with Crippen LogP contribution in [0.25, 0.3) is 0 Å². The minimum Gasteiger partial charge on any atom is -0.351 e. The number of nitrogens with zero attached hydrogens (tertiary/aromatic N) is 3. The topological polar surface area (TPSA) is 49.6 Å². The second-order valence-electron chi connectivity index (χ2n) is 4.11. The molecule has 2 heterocycles. The Kier molecular flexibility index (Phi) is 3.45. The maximum Gasteiger partial charge on any atom is 0.292 e. The lowest BCUT2D eigenvalue weighted by Gasteiger charge is -2.33. The monoisotopic (exact) mass is 233 g/mol. The lowest BCUT2D eigenvalue weighted by Crippen LogP contribution is -2.48. The average Bonchev–Trinajstić information content (AvgIpc) is 2.76. The smallest absolute Gasteiger partial charge is 0.292 e. The third kappa shape index (κ3) is 2.66. The van der Waals surface area contributed by atoms with Gasteiger partial charge in [0, 0.05) is 32.2 Å². The number of carbonyl (C=O) groups excluding carboxylic acids is 1. The zero-order valence-electron chi connectivity index (χ0n) is 9.85. The number of aromatic nitrogens is 1. The molecule has 90 valence electrons. The van der Waals surface area contributed by atoms with Crippen molar-refractivity contribution >= 4 is 5.91 Å². The Morgan fingerprint density at radius 1 is 1.53 bits per heavy atom. The molecule has 2 rings (SSSR count). The summed E-state index contributed by atoms with van der Waals surface area (Å²) in [6.07, 6.45) is 5.25. The highest BCUT2D eigenvalue weighted by molar-refractivity contribution is 5.91. The second-order valence-corrected chi connectivity index (χ2v) is 4.11. The summed E-state index contributed by atoms with van der Waals surface area (Å²) in [6.45, 7) is 5.42. The Morgan fingerprint density at radius 3 is 2.76 bits per heavy atom. The molecule has 0 spiro atoms. The van der Waals surface area contributed by atoms with Crippen LogP contribution in [-0.4, -0.2) is 53.6 Å². The fourth-order valence-electron chi connectivity index (χ4n) is 1.86. The zero-order chi connectivity index (χ0) is 12.3. The maximum absolute atomic E-state index is 12.0. The standard InChI is InChI=1S/C12H15N3O2/c1-3-4-14-5-7-15(8-6-14)12(16)11-9-10(2)13-17-11/h1,9H,4-8H2,2H3. The lowest BCUT2D eigenvalue weighted by molar-refractivity contribution is 0.0611. The number of hydrogen-bond acceptors (Lipinski definition) is 4. The third-order valence-electron chi connectivity index (χ3n) is 2.81. The van der Waals surface area contributed by atoms with Crippen LogP contribution in [-0.2, 0) is 0 Å². The van der Waals surface area contributed by atoms with Crippen LogP contribution in [0.5, 0.6) is 0 Å². The van der Waals surface area contributed by atoms with Gasteiger partial charge in [0.05, 0.1) is 12.2 Å². The van der Waals surface area contributed by atoms with Crippen LogP contribution in [0.1, 0.15) is 16.2 Å². The first-order chi connectivity index (χ1) is 8.20. The van der Waals surface area contributed by atoms with Crippen molar-refractivity contribution in [1.29, 1.82) is 0 Å². The van der Waals surface area contributed by atoms with E-state index in [9.17, 15) is 4.79 Å². The summed E-state index contributed by atoms with van der Waals surface area (Å²) >= 11 is 0. The number of rotatable bonds is 2. The Morgan fingerprint density at radius 2 is 2.24 bits per heavy atom. The van der Waals surface area contributed by atoms with E-state index < -0.39 is 0 Å². The molecule has 0 aromatic carbocycles. The molecule has 0 N–H and O–H groups in total. The van der Waals surface area contributed by atoms with Crippen LogP contribution in [0, 0.1) is 19.3 Å². The quantitative estimate of drug-likeness (QED) is 0.693. The van der Waals surface area contributed by atoms with Gasteiger partial charge in [0.1, 0.15) is 0 Å². The Balaban J connectivity index is 1.93. The Hall–Kier alpha value is -1.80.